The number of nitrogens with zero attached hydrogens (tertiary/aromatic N) is 2. The van der Waals surface area contributed by atoms with Crippen molar-refractivity contribution in [1.29, 1.82) is 0 Å². The number of aryl methyl sites for hydroxylation is 2. The number of thiazole rings is 1. The van der Waals surface area contributed by atoms with Gasteiger partial charge in [0.05, 0.1) is 18.0 Å². The maximum absolute atomic E-state index is 12.2. The highest BCUT2D eigenvalue weighted by atomic mass is 32.2. The molecule has 2 N–H and O–H groups in total. The van der Waals surface area contributed by atoms with Gasteiger partial charge < -0.3 is 9.88 Å². The molecule has 2 amide bonds. The summed E-state index contributed by atoms with van der Waals surface area (Å²) in [6.45, 7) is 3.63. The summed E-state index contributed by atoms with van der Waals surface area (Å²) >= 11 is 1.32. The highest BCUT2D eigenvalue weighted by Gasteiger charge is 2.15. The van der Waals surface area contributed by atoms with Crippen molar-refractivity contribution in [3.05, 3.63) is 81.6 Å². The van der Waals surface area contributed by atoms with Crippen LogP contribution in [0.1, 0.15) is 16.7 Å². The lowest BCUT2D eigenvalue weighted by Gasteiger charge is -2.07. The summed E-state index contributed by atoms with van der Waals surface area (Å²) in [7, 11) is -3.81. The Hall–Kier alpha value is -3.08. The van der Waals surface area contributed by atoms with Crippen molar-refractivity contribution in [2.24, 2.45) is 4.99 Å². The molecule has 32 heavy (non-hydrogen) atoms. The van der Waals surface area contributed by atoms with E-state index in [1.54, 1.807) is 12.1 Å². The van der Waals surface area contributed by atoms with Crippen molar-refractivity contribution in [3.63, 3.8) is 0 Å². The van der Waals surface area contributed by atoms with Gasteiger partial charge in [-0.3, -0.25) is 9.59 Å². The molecule has 1 heterocycles. The zero-order valence-corrected chi connectivity index (χ0v) is 19.4. The fourth-order valence-electron chi connectivity index (χ4n) is 2.74. The number of carbonyl (C=O) groups is 2. The summed E-state index contributed by atoms with van der Waals surface area (Å²) in [5.74, 6) is -1.15. The van der Waals surface area contributed by atoms with Crippen LogP contribution in [0.5, 0.6) is 0 Å². The van der Waals surface area contributed by atoms with Crippen LogP contribution in [0, 0.1) is 13.8 Å². The molecule has 8 nitrogen and oxygen atoms in total. The highest BCUT2D eigenvalue weighted by Crippen LogP contribution is 2.09. The number of amides is 2. The van der Waals surface area contributed by atoms with E-state index in [0.29, 0.717) is 11.3 Å². The predicted molar refractivity (Wildman–Crippen MR) is 123 cm³/mol. The highest BCUT2D eigenvalue weighted by molar-refractivity contribution is 7.89. The lowest BCUT2D eigenvalue weighted by atomic mass is 10.1. The van der Waals surface area contributed by atoms with E-state index in [4.69, 9.17) is 0 Å². The normalized spacial score (nSPS) is 12.0. The van der Waals surface area contributed by atoms with E-state index < -0.39 is 28.4 Å². The van der Waals surface area contributed by atoms with Gasteiger partial charge in [-0.25, -0.2) is 13.1 Å². The standard InChI is InChI=1S/C22H24N4O4S2/c1-16-3-7-18(8-4-16)15-26-11-12-31-22(26)25-21(28)13-23-20(27)14-24-32(29,30)19-9-5-17(2)6-10-19/h3-12,24H,13-15H2,1-2H3,(H,23,27). The molecule has 0 aliphatic carbocycles. The molecule has 10 heteroatoms. The summed E-state index contributed by atoms with van der Waals surface area (Å²) in [5.41, 5.74) is 3.17. The van der Waals surface area contributed by atoms with E-state index in [-0.39, 0.29) is 11.4 Å². The van der Waals surface area contributed by atoms with Crippen LogP contribution < -0.4 is 14.8 Å². The lowest BCUT2D eigenvalue weighted by Crippen LogP contribution is -2.39. The quantitative estimate of drug-likeness (QED) is 0.520. The third-order valence-corrected chi connectivity index (χ3v) is 6.76. The first kappa shape index (κ1) is 23.6. The molecule has 168 valence electrons. The summed E-state index contributed by atoms with van der Waals surface area (Å²) in [4.78, 5) is 28.8. The van der Waals surface area contributed by atoms with Gasteiger partial charge in [0.15, 0.2) is 4.80 Å². The third-order valence-electron chi connectivity index (χ3n) is 4.54. The molecule has 1 aromatic heterocycles. The van der Waals surface area contributed by atoms with E-state index in [0.717, 1.165) is 11.1 Å². The first-order chi connectivity index (χ1) is 15.2. The van der Waals surface area contributed by atoms with Crippen LogP contribution in [0.4, 0.5) is 0 Å². The van der Waals surface area contributed by atoms with Gasteiger partial charge >= 0.3 is 0 Å². The van der Waals surface area contributed by atoms with Gasteiger partial charge in [-0.05, 0) is 31.5 Å². The molecule has 3 aromatic rings. The molecule has 0 bridgehead atoms. The number of sulfonamides is 1. The molecule has 0 aliphatic rings. The number of carbonyl (C=O) groups excluding carboxylic acids is 2. The second-order valence-corrected chi connectivity index (χ2v) is 9.86. The molecule has 0 saturated heterocycles. The van der Waals surface area contributed by atoms with Gasteiger partial charge in [0.25, 0.3) is 5.91 Å². The second-order valence-electron chi connectivity index (χ2n) is 7.22. The molecule has 0 fully saturated rings. The smallest absolute Gasteiger partial charge is 0.267 e. The van der Waals surface area contributed by atoms with Crippen LogP contribution in [0.3, 0.4) is 0 Å². The molecule has 0 aliphatic heterocycles. The number of hydrogen-bond donors (Lipinski definition) is 2. The van der Waals surface area contributed by atoms with Crippen LogP contribution in [-0.4, -0.2) is 37.9 Å². The SMILES string of the molecule is Cc1ccc(Cn2ccsc2=NC(=O)CNC(=O)CNS(=O)(=O)c2ccc(C)cc2)cc1. The molecule has 0 unspecified atom stereocenters. The Kier molecular flexibility index (Phi) is 7.73. The Balaban J connectivity index is 1.53. The first-order valence-electron chi connectivity index (χ1n) is 9.83. The first-order valence-corrected chi connectivity index (χ1v) is 12.2. The van der Waals surface area contributed by atoms with Gasteiger partial charge in [0.2, 0.25) is 15.9 Å². The zero-order valence-electron chi connectivity index (χ0n) is 17.7. The van der Waals surface area contributed by atoms with Crippen LogP contribution >= 0.6 is 11.3 Å². The Morgan fingerprint density at radius 3 is 2.25 bits per heavy atom. The van der Waals surface area contributed by atoms with Crippen molar-refractivity contribution in [3.8, 4) is 0 Å². The number of aromatic nitrogens is 1. The Bertz CT molecular complexity index is 1260. The largest absolute Gasteiger partial charge is 0.346 e. The molecule has 2 aromatic carbocycles. The minimum Gasteiger partial charge on any atom is -0.346 e. The molecule has 0 radical (unpaired) electrons. The van der Waals surface area contributed by atoms with Crippen molar-refractivity contribution in [2.45, 2.75) is 25.3 Å². The molecular formula is C22H24N4O4S2. The van der Waals surface area contributed by atoms with Crippen LogP contribution in [0.25, 0.3) is 0 Å². The average Bonchev–Trinajstić information content (AvgIpc) is 3.19. The average molecular weight is 473 g/mol. The number of hydrogen-bond acceptors (Lipinski definition) is 5. The number of benzene rings is 2. The number of nitrogens with one attached hydrogen (secondary N) is 2. The van der Waals surface area contributed by atoms with E-state index in [9.17, 15) is 18.0 Å². The topological polar surface area (TPSA) is 110 Å². The van der Waals surface area contributed by atoms with E-state index in [2.05, 4.69) is 15.0 Å². The van der Waals surface area contributed by atoms with Gasteiger partial charge in [0, 0.05) is 18.1 Å². The summed E-state index contributed by atoms with van der Waals surface area (Å²) in [5, 5.41) is 4.22. The van der Waals surface area contributed by atoms with Crippen molar-refractivity contribution in [1.82, 2.24) is 14.6 Å². The fraction of sp³-hybridized carbons (Fsp3) is 0.227. The van der Waals surface area contributed by atoms with Gasteiger partial charge in [-0.15, -0.1) is 11.3 Å². The molecule has 0 spiro atoms. The monoisotopic (exact) mass is 472 g/mol. The van der Waals surface area contributed by atoms with Crippen LogP contribution in [-0.2, 0) is 26.2 Å². The molecule has 0 atom stereocenters. The Labute approximate surface area is 190 Å². The summed E-state index contributed by atoms with van der Waals surface area (Å²) < 4.78 is 28.5. The third kappa shape index (κ3) is 6.71. The fourth-order valence-corrected chi connectivity index (χ4v) is 4.47. The van der Waals surface area contributed by atoms with Crippen molar-refractivity contribution < 1.29 is 18.0 Å². The second kappa shape index (κ2) is 10.5. The van der Waals surface area contributed by atoms with E-state index >= 15 is 0 Å². The van der Waals surface area contributed by atoms with E-state index in [1.807, 2.05) is 54.3 Å². The van der Waals surface area contributed by atoms with E-state index in [1.165, 1.54) is 29.0 Å². The minimum atomic E-state index is -3.81. The van der Waals surface area contributed by atoms with Gasteiger partial charge in [-0.1, -0.05) is 47.5 Å². The van der Waals surface area contributed by atoms with Crippen LogP contribution in [0.2, 0.25) is 0 Å². The summed E-state index contributed by atoms with van der Waals surface area (Å²) in [6, 6.07) is 14.3. The van der Waals surface area contributed by atoms with Crippen molar-refractivity contribution in [2.75, 3.05) is 13.1 Å². The van der Waals surface area contributed by atoms with Crippen LogP contribution in [0.15, 0.2) is 70.0 Å². The lowest BCUT2D eigenvalue weighted by molar-refractivity contribution is -0.124. The Morgan fingerprint density at radius 2 is 1.59 bits per heavy atom. The zero-order chi connectivity index (χ0) is 23.1. The molecular weight excluding hydrogens is 448 g/mol. The predicted octanol–water partition coefficient (Wildman–Crippen LogP) is 1.74. The van der Waals surface area contributed by atoms with Crippen molar-refractivity contribution >= 4 is 33.2 Å². The summed E-state index contributed by atoms with van der Waals surface area (Å²) in [6.07, 6.45) is 1.84. The molecule has 3 rings (SSSR count). The number of rotatable bonds is 8. The maximum Gasteiger partial charge on any atom is 0.267 e. The minimum absolute atomic E-state index is 0.0674. The maximum atomic E-state index is 12.2. The van der Waals surface area contributed by atoms with Gasteiger partial charge in [-0.2, -0.15) is 4.99 Å². The van der Waals surface area contributed by atoms with Gasteiger partial charge in [0.1, 0.15) is 0 Å². The molecule has 0 saturated carbocycles. The Morgan fingerprint density at radius 1 is 0.969 bits per heavy atom.